The predicted octanol–water partition coefficient (Wildman–Crippen LogP) is 2.77. The quantitative estimate of drug-likeness (QED) is 0.768. The minimum Gasteiger partial charge on any atom is -0.330 e. The van der Waals surface area contributed by atoms with Crippen LogP contribution in [0.1, 0.15) is 42.7 Å². The number of benzene rings is 1. The van der Waals surface area contributed by atoms with E-state index in [9.17, 15) is 4.39 Å². The molecule has 0 bridgehead atoms. The molecule has 0 saturated heterocycles. The lowest BCUT2D eigenvalue weighted by Gasteiger charge is -2.09. The Hall–Kier alpha value is -0.890. The van der Waals surface area contributed by atoms with Crippen LogP contribution in [-0.2, 0) is 0 Å². The van der Waals surface area contributed by atoms with Crippen molar-refractivity contribution >= 4 is 0 Å². The van der Waals surface area contributed by atoms with E-state index in [1.807, 2.05) is 6.07 Å². The van der Waals surface area contributed by atoms with Gasteiger partial charge >= 0.3 is 0 Å². The van der Waals surface area contributed by atoms with Crippen LogP contribution in [0.4, 0.5) is 4.39 Å². The van der Waals surface area contributed by atoms with Crippen LogP contribution in [0.2, 0.25) is 0 Å². The fourth-order valence-electron chi connectivity index (χ4n) is 2.58. The summed E-state index contributed by atoms with van der Waals surface area (Å²) in [7, 11) is 0. The second-order valence-electron chi connectivity index (χ2n) is 4.15. The molecular weight excluding hydrogens is 177 g/mol. The van der Waals surface area contributed by atoms with Crippen LogP contribution in [-0.4, -0.2) is 6.54 Å². The highest BCUT2D eigenvalue weighted by Gasteiger charge is 2.29. The summed E-state index contributed by atoms with van der Waals surface area (Å²) >= 11 is 0. The first-order chi connectivity index (χ1) is 6.74. The predicted molar refractivity (Wildman–Crippen MR) is 55.8 cm³/mol. The Labute approximate surface area is 84.1 Å². The standard InChI is InChI=1S/C12H16FN/c1-8-7-9(5-6-14)10-3-2-4-11(13)12(8)10/h2-4,8-9H,5-7,14H2,1H3. The molecule has 0 heterocycles. The molecule has 0 saturated carbocycles. The van der Waals surface area contributed by atoms with Crippen LogP contribution in [0.15, 0.2) is 18.2 Å². The van der Waals surface area contributed by atoms with Crippen molar-refractivity contribution in [2.45, 2.75) is 31.6 Å². The van der Waals surface area contributed by atoms with E-state index in [1.54, 1.807) is 12.1 Å². The molecule has 2 atom stereocenters. The lowest BCUT2D eigenvalue weighted by atomic mass is 9.98. The summed E-state index contributed by atoms with van der Waals surface area (Å²) < 4.78 is 13.5. The normalized spacial score (nSPS) is 25.1. The third-order valence-electron chi connectivity index (χ3n) is 3.17. The molecule has 0 spiro atoms. The molecule has 2 N–H and O–H groups in total. The van der Waals surface area contributed by atoms with Crippen molar-refractivity contribution in [2.75, 3.05) is 6.54 Å². The highest BCUT2D eigenvalue weighted by molar-refractivity contribution is 5.39. The Kier molecular flexibility index (Phi) is 2.55. The third-order valence-corrected chi connectivity index (χ3v) is 3.17. The Morgan fingerprint density at radius 2 is 2.29 bits per heavy atom. The average molecular weight is 193 g/mol. The first-order valence-electron chi connectivity index (χ1n) is 5.22. The minimum atomic E-state index is -0.0467. The Bertz CT molecular complexity index is 335. The number of fused-ring (bicyclic) bond motifs is 1. The zero-order valence-corrected chi connectivity index (χ0v) is 8.46. The van der Waals surface area contributed by atoms with Gasteiger partial charge in [-0.25, -0.2) is 4.39 Å². The maximum absolute atomic E-state index is 13.5. The van der Waals surface area contributed by atoms with Gasteiger partial charge in [-0.2, -0.15) is 0 Å². The van der Waals surface area contributed by atoms with Crippen molar-refractivity contribution in [3.63, 3.8) is 0 Å². The summed E-state index contributed by atoms with van der Waals surface area (Å²) in [6, 6.07) is 5.40. The summed E-state index contributed by atoms with van der Waals surface area (Å²) in [5.74, 6) is 0.776. The molecule has 0 fully saturated rings. The smallest absolute Gasteiger partial charge is 0.126 e. The Morgan fingerprint density at radius 1 is 1.50 bits per heavy atom. The summed E-state index contributed by atoms with van der Waals surface area (Å²) in [4.78, 5) is 0. The summed E-state index contributed by atoms with van der Waals surface area (Å²) in [5.41, 5.74) is 7.66. The van der Waals surface area contributed by atoms with Gasteiger partial charge in [0.25, 0.3) is 0 Å². The van der Waals surface area contributed by atoms with Crippen molar-refractivity contribution < 1.29 is 4.39 Å². The second kappa shape index (κ2) is 3.70. The first kappa shape index (κ1) is 9.66. The van der Waals surface area contributed by atoms with Gasteiger partial charge in [-0.3, -0.25) is 0 Å². The Morgan fingerprint density at radius 3 is 3.00 bits per heavy atom. The van der Waals surface area contributed by atoms with E-state index in [-0.39, 0.29) is 5.82 Å². The molecular formula is C12H16FN. The van der Waals surface area contributed by atoms with Crippen molar-refractivity contribution in [1.82, 2.24) is 0 Å². The first-order valence-corrected chi connectivity index (χ1v) is 5.22. The monoisotopic (exact) mass is 193 g/mol. The molecule has 1 aromatic rings. The fraction of sp³-hybridized carbons (Fsp3) is 0.500. The van der Waals surface area contributed by atoms with E-state index < -0.39 is 0 Å². The zero-order valence-electron chi connectivity index (χ0n) is 8.46. The number of hydrogen-bond donors (Lipinski definition) is 1. The molecule has 0 aromatic heterocycles. The largest absolute Gasteiger partial charge is 0.330 e. The molecule has 0 radical (unpaired) electrons. The van der Waals surface area contributed by atoms with Gasteiger partial charge in [0.15, 0.2) is 0 Å². The number of nitrogens with two attached hydrogens (primary N) is 1. The van der Waals surface area contributed by atoms with E-state index in [0.29, 0.717) is 18.4 Å². The number of halogens is 1. The Balaban J connectivity index is 2.39. The van der Waals surface area contributed by atoms with Crippen molar-refractivity contribution in [3.8, 4) is 0 Å². The van der Waals surface area contributed by atoms with Gasteiger partial charge < -0.3 is 5.73 Å². The molecule has 76 valence electrons. The van der Waals surface area contributed by atoms with Gasteiger partial charge in [0.1, 0.15) is 5.82 Å². The van der Waals surface area contributed by atoms with Gasteiger partial charge in [0.2, 0.25) is 0 Å². The number of rotatable bonds is 2. The van der Waals surface area contributed by atoms with Crippen molar-refractivity contribution in [3.05, 3.63) is 35.1 Å². The van der Waals surface area contributed by atoms with Crippen LogP contribution in [0.3, 0.4) is 0 Å². The van der Waals surface area contributed by atoms with Gasteiger partial charge in [0, 0.05) is 0 Å². The van der Waals surface area contributed by atoms with Gasteiger partial charge in [-0.1, -0.05) is 19.1 Å². The van der Waals surface area contributed by atoms with Crippen molar-refractivity contribution in [1.29, 1.82) is 0 Å². The second-order valence-corrected chi connectivity index (χ2v) is 4.15. The molecule has 1 aliphatic rings. The highest BCUT2D eigenvalue weighted by atomic mass is 19.1. The summed E-state index contributed by atoms with van der Waals surface area (Å²) in [5, 5.41) is 0. The molecule has 2 heteroatoms. The molecule has 2 unspecified atom stereocenters. The van der Waals surface area contributed by atoms with Gasteiger partial charge in [-0.15, -0.1) is 0 Å². The number of hydrogen-bond acceptors (Lipinski definition) is 1. The zero-order chi connectivity index (χ0) is 10.1. The van der Waals surface area contributed by atoms with Crippen LogP contribution in [0.25, 0.3) is 0 Å². The topological polar surface area (TPSA) is 26.0 Å². The molecule has 0 aliphatic heterocycles. The van der Waals surface area contributed by atoms with Crippen LogP contribution >= 0.6 is 0 Å². The molecule has 1 nitrogen and oxygen atoms in total. The molecule has 1 aromatic carbocycles. The summed E-state index contributed by atoms with van der Waals surface area (Å²) in [6.45, 7) is 2.78. The third kappa shape index (κ3) is 1.44. The van der Waals surface area contributed by atoms with Crippen LogP contribution in [0.5, 0.6) is 0 Å². The lowest BCUT2D eigenvalue weighted by Crippen LogP contribution is -2.04. The molecule has 0 amide bonds. The van der Waals surface area contributed by atoms with E-state index in [0.717, 1.165) is 18.4 Å². The molecule has 2 rings (SSSR count). The lowest BCUT2D eigenvalue weighted by molar-refractivity contribution is 0.569. The van der Waals surface area contributed by atoms with Crippen molar-refractivity contribution in [2.24, 2.45) is 5.73 Å². The summed E-state index contributed by atoms with van der Waals surface area (Å²) in [6.07, 6.45) is 2.02. The van der Waals surface area contributed by atoms with Gasteiger partial charge in [-0.05, 0) is 48.4 Å². The van der Waals surface area contributed by atoms with Crippen LogP contribution in [0, 0.1) is 5.82 Å². The highest BCUT2D eigenvalue weighted by Crippen LogP contribution is 2.43. The van der Waals surface area contributed by atoms with Gasteiger partial charge in [0.05, 0.1) is 0 Å². The van der Waals surface area contributed by atoms with E-state index in [2.05, 4.69) is 6.92 Å². The maximum Gasteiger partial charge on any atom is 0.126 e. The van der Waals surface area contributed by atoms with E-state index in [4.69, 9.17) is 5.73 Å². The molecule has 14 heavy (non-hydrogen) atoms. The van der Waals surface area contributed by atoms with E-state index >= 15 is 0 Å². The SMILES string of the molecule is CC1CC(CCN)c2cccc(F)c21. The van der Waals surface area contributed by atoms with Crippen LogP contribution < -0.4 is 5.73 Å². The fourth-order valence-corrected chi connectivity index (χ4v) is 2.58. The average Bonchev–Trinajstić information content (AvgIpc) is 2.46. The molecule has 1 aliphatic carbocycles. The maximum atomic E-state index is 13.5. The minimum absolute atomic E-state index is 0.0467. The van der Waals surface area contributed by atoms with E-state index in [1.165, 1.54) is 5.56 Å².